The predicted octanol–water partition coefficient (Wildman–Crippen LogP) is 3.68. The number of halogens is 1. The molecule has 2 aromatic carbocycles. The highest BCUT2D eigenvalue weighted by molar-refractivity contribution is 7.90. The summed E-state index contributed by atoms with van der Waals surface area (Å²) in [4.78, 5) is 12.8. The first-order valence-electron chi connectivity index (χ1n) is 10.5. The Morgan fingerprint density at radius 1 is 1.23 bits per heavy atom. The van der Waals surface area contributed by atoms with Gasteiger partial charge in [-0.2, -0.15) is 5.26 Å². The maximum absolute atomic E-state index is 14.8. The van der Waals surface area contributed by atoms with Crippen molar-refractivity contribution in [3.05, 3.63) is 53.8 Å². The number of sulfone groups is 1. The van der Waals surface area contributed by atoms with Crippen LogP contribution < -0.4 is 5.32 Å². The first-order chi connectivity index (χ1) is 14.7. The highest BCUT2D eigenvalue weighted by Crippen LogP contribution is 2.36. The normalized spacial score (nSPS) is 23.5. The molecule has 1 aliphatic heterocycles. The molecule has 1 heterocycles. The summed E-state index contributed by atoms with van der Waals surface area (Å²) in [5.74, 6) is -0.626. The first kappa shape index (κ1) is 21.7. The van der Waals surface area contributed by atoms with Gasteiger partial charge in [0, 0.05) is 18.7 Å². The van der Waals surface area contributed by atoms with Crippen molar-refractivity contribution in [3.8, 4) is 17.2 Å². The second kappa shape index (κ2) is 8.52. The minimum absolute atomic E-state index is 0.0494. The van der Waals surface area contributed by atoms with Crippen LogP contribution in [-0.4, -0.2) is 32.5 Å². The van der Waals surface area contributed by atoms with Gasteiger partial charge in [0.1, 0.15) is 5.82 Å². The molecule has 4 rings (SSSR count). The zero-order valence-corrected chi connectivity index (χ0v) is 18.2. The SMILES string of the molecule is CS(=O)(=O)c1cccc(-c2ccc(CC(C#N)CC(=O)[C@H]3N[C@@H]4CC[C@H]3C4)c(F)c2)c1. The maximum Gasteiger partial charge on any atom is 0.175 e. The molecule has 4 atom stereocenters. The lowest BCUT2D eigenvalue weighted by Gasteiger charge is -2.22. The monoisotopic (exact) mass is 440 g/mol. The van der Waals surface area contributed by atoms with Crippen LogP contribution in [0.15, 0.2) is 47.4 Å². The van der Waals surface area contributed by atoms with E-state index in [0.29, 0.717) is 28.7 Å². The van der Waals surface area contributed by atoms with Crippen LogP contribution in [0.1, 0.15) is 31.2 Å². The van der Waals surface area contributed by atoms with Gasteiger partial charge in [-0.25, -0.2) is 12.8 Å². The Labute approximate surface area is 182 Å². The van der Waals surface area contributed by atoms with Crippen LogP contribution in [0, 0.1) is 29.0 Å². The largest absolute Gasteiger partial charge is 0.304 e. The molecule has 1 saturated carbocycles. The number of rotatable bonds is 7. The minimum Gasteiger partial charge on any atom is -0.304 e. The van der Waals surface area contributed by atoms with Crippen molar-refractivity contribution in [2.45, 2.75) is 49.1 Å². The van der Waals surface area contributed by atoms with E-state index in [4.69, 9.17) is 0 Å². The molecule has 1 saturated heterocycles. The molecule has 1 unspecified atom stereocenters. The minimum atomic E-state index is -3.36. The Hall–Kier alpha value is -2.56. The predicted molar refractivity (Wildman–Crippen MR) is 115 cm³/mol. The summed E-state index contributed by atoms with van der Waals surface area (Å²) in [5.41, 5.74) is 1.54. The van der Waals surface area contributed by atoms with E-state index in [1.165, 1.54) is 18.2 Å². The Kier molecular flexibility index (Phi) is 5.96. The molecule has 2 bridgehead atoms. The van der Waals surface area contributed by atoms with E-state index in [1.807, 2.05) is 0 Å². The van der Waals surface area contributed by atoms with Gasteiger partial charge in [0.15, 0.2) is 15.6 Å². The summed E-state index contributed by atoms with van der Waals surface area (Å²) in [5, 5.41) is 12.9. The molecule has 2 fully saturated rings. The Bertz CT molecular complexity index is 1160. The second-order valence-corrected chi connectivity index (χ2v) is 10.7. The molecule has 0 radical (unpaired) electrons. The van der Waals surface area contributed by atoms with Crippen LogP contribution >= 0.6 is 0 Å². The molecule has 0 amide bonds. The summed E-state index contributed by atoms with van der Waals surface area (Å²) in [7, 11) is -3.36. The number of hydrogen-bond donors (Lipinski definition) is 1. The Balaban J connectivity index is 1.46. The third-order valence-electron chi connectivity index (χ3n) is 6.45. The van der Waals surface area contributed by atoms with Crippen LogP contribution in [0.5, 0.6) is 0 Å². The fourth-order valence-electron chi connectivity index (χ4n) is 4.81. The topological polar surface area (TPSA) is 87.0 Å². The molecule has 31 heavy (non-hydrogen) atoms. The van der Waals surface area contributed by atoms with Gasteiger partial charge in [0.2, 0.25) is 0 Å². The summed E-state index contributed by atoms with van der Waals surface area (Å²) in [6.45, 7) is 0. The molecule has 1 aliphatic carbocycles. The number of piperidine rings is 1. The zero-order valence-electron chi connectivity index (χ0n) is 17.3. The molecular weight excluding hydrogens is 415 g/mol. The summed E-state index contributed by atoms with van der Waals surface area (Å²) >= 11 is 0. The maximum atomic E-state index is 14.8. The van der Waals surface area contributed by atoms with Gasteiger partial charge in [-0.3, -0.25) is 4.79 Å². The quantitative estimate of drug-likeness (QED) is 0.710. The standard InChI is InChI=1S/C24H25FN2O3S/c1-31(29,30)21-4-2-3-16(12-21)17-5-6-18(22(25)13-17)9-15(14-26)10-23(28)24-19-7-8-20(11-19)27-24/h2-6,12-13,15,19-20,24,27H,7-11H2,1H3/t15?,19-,20+,24-/m0/s1. The van der Waals surface area contributed by atoms with Gasteiger partial charge >= 0.3 is 0 Å². The van der Waals surface area contributed by atoms with Crippen molar-refractivity contribution >= 4 is 15.6 Å². The van der Waals surface area contributed by atoms with Crippen molar-refractivity contribution in [3.63, 3.8) is 0 Å². The number of benzene rings is 2. The van der Waals surface area contributed by atoms with Crippen molar-refractivity contribution in [2.24, 2.45) is 11.8 Å². The van der Waals surface area contributed by atoms with Gasteiger partial charge in [-0.05, 0) is 66.5 Å². The molecule has 7 heteroatoms. The molecule has 0 spiro atoms. The van der Waals surface area contributed by atoms with E-state index in [1.54, 1.807) is 24.3 Å². The first-order valence-corrected chi connectivity index (χ1v) is 12.4. The highest BCUT2D eigenvalue weighted by atomic mass is 32.2. The molecule has 0 aromatic heterocycles. The molecule has 5 nitrogen and oxygen atoms in total. The average molecular weight is 441 g/mol. The van der Waals surface area contributed by atoms with Gasteiger partial charge in [-0.1, -0.05) is 24.3 Å². The molecular formula is C24H25FN2O3S. The Morgan fingerprint density at radius 3 is 2.61 bits per heavy atom. The van der Waals surface area contributed by atoms with Crippen molar-refractivity contribution < 1.29 is 17.6 Å². The van der Waals surface area contributed by atoms with Crippen LogP contribution in [-0.2, 0) is 21.1 Å². The number of nitriles is 1. The number of carbonyl (C=O) groups excluding carboxylic acids is 1. The second-order valence-electron chi connectivity index (χ2n) is 8.72. The zero-order chi connectivity index (χ0) is 22.2. The lowest BCUT2D eigenvalue weighted by molar-refractivity contribution is -0.122. The number of Topliss-reactive ketones (excluding diaryl/α,β-unsaturated/α-hetero) is 1. The number of ketones is 1. The van der Waals surface area contributed by atoms with E-state index < -0.39 is 21.6 Å². The fraction of sp³-hybridized carbons (Fsp3) is 0.417. The summed E-state index contributed by atoms with van der Waals surface area (Å²) in [6.07, 6.45) is 4.62. The lowest BCUT2D eigenvalue weighted by Crippen LogP contribution is -2.42. The summed E-state index contributed by atoms with van der Waals surface area (Å²) < 4.78 is 38.4. The van der Waals surface area contributed by atoms with Crippen LogP contribution in [0.2, 0.25) is 0 Å². The lowest BCUT2D eigenvalue weighted by atomic mass is 9.88. The number of nitrogens with one attached hydrogen (secondary N) is 1. The fourth-order valence-corrected chi connectivity index (χ4v) is 5.48. The highest BCUT2D eigenvalue weighted by Gasteiger charge is 2.42. The smallest absolute Gasteiger partial charge is 0.175 e. The molecule has 2 aromatic rings. The van der Waals surface area contributed by atoms with Crippen molar-refractivity contribution in [2.75, 3.05) is 6.26 Å². The molecule has 2 aliphatic rings. The summed E-state index contributed by atoms with van der Waals surface area (Å²) in [6, 6.07) is 13.5. The number of carbonyl (C=O) groups is 1. The van der Waals surface area contributed by atoms with E-state index in [0.717, 1.165) is 25.5 Å². The molecule has 1 N–H and O–H groups in total. The Morgan fingerprint density at radius 2 is 2.00 bits per heavy atom. The van der Waals surface area contributed by atoms with E-state index in [-0.39, 0.29) is 29.6 Å². The molecule has 162 valence electrons. The van der Waals surface area contributed by atoms with Crippen molar-refractivity contribution in [1.82, 2.24) is 5.32 Å². The average Bonchev–Trinajstić information content (AvgIpc) is 3.37. The van der Waals surface area contributed by atoms with E-state index in [9.17, 15) is 22.9 Å². The number of nitrogens with zero attached hydrogens (tertiary/aromatic N) is 1. The van der Waals surface area contributed by atoms with Crippen molar-refractivity contribution in [1.29, 1.82) is 5.26 Å². The van der Waals surface area contributed by atoms with Gasteiger partial charge in [-0.15, -0.1) is 0 Å². The number of fused-ring (bicyclic) bond motifs is 2. The third-order valence-corrected chi connectivity index (χ3v) is 7.56. The van der Waals surface area contributed by atoms with Gasteiger partial charge < -0.3 is 5.32 Å². The third kappa shape index (κ3) is 4.70. The van der Waals surface area contributed by atoms with E-state index in [2.05, 4.69) is 11.4 Å². The van der Waals surface area contributed by atoms with Gasteiger partial charge in [0.25, 0.3) is 0 Å². The number of hydrogen-bond acceptors (Lipinski definition) is 5. The van der Waals surface area contributed by atoms with Crippen LogP contribution in [0.25, 0.3) is 11.1 Å². The van der Waals surface area contributed by atoms with Gasteiger partial charge in [0.05, 0.1) is 22.9 Å². The van der Waals surface area contributed by atoms with E-state index >= 15 is 0 Å². The van der Waals surface area contributed by atoms with Crippen LogP contribution in [0.4, 0.5) is 4.39 Å². The van der Waals surface area contributed by atoms with Crippen LogP contribution in [0.3, 0.4) is 0 Å².